The minimum atomic E-state index is 0.549. The number of nitrogens with one attached hydrogen (secondary N) is 1. The number of aromatic nitrogens is 1. The fourth-order valence-corrected chi connectivity index (χ4v) is 4.17. The van der Waals surface area contributed by atoms with E-state index in [1.54, 1.807) is 0 Å². The molecule has 0 radical (unpaired) electrons. The molecule has 1 N–H and O–H groups in total. The van der Waals surface area contributed by atoms with Crippen molar-refractivity contribution in [1.82, 2.24) is 10.3 Å². The summed E-state index contributed by atoms with van der Waals surface area (Å²) in [5.74, 6) is 3.86. The third-order valence-corrected chi connectivity index (χ3v) is 5.72. The molecule has 1 aromatic heterocycles. The summed E-state index contributed by atoms with van der Waals surface area (Å²) in [6.07, 6.45) is 2.69. The van der Waals surface area contributed by atoms with Crippen LogP contribution in [0.2, 0.25) is 0 Å². The number of hydrogen-bond acceptors (Lipinski definition) is 4. The lowest BCUT2D eigenvalue weighted by Gasteiger charge is -2.07. The van der Waals surface area contributed by atoms with Crippen LogP contribution >= 0.6 is 23.1 Å². The Morgan fingerprint density at radius 2 is 2.05 bits per heavy atom. The van der Waals surface area contributed by atoms with Crippen LogP contribution in [0.15, 0.2) is 0 Å². The van der Waals surface area contributed by atoms with Gasteiger partial charge in [-0.15, -0.1) is 11.3 Å². The summed E-state index contributed by atoms with van der Waals surface area (Å²) >= 11 is 3.95. The highest BCUT2D eigenvalue weighted by Gasteiger charge is 2.29. The predicted octanol–water partition coefficient (Wildman–Crippen LogP) is 4.41. The van der Waals surface area contributed by atoms with E-state index in [0.717, 1.165) is 24.1 Å². The largest absolute Gasteiger partial charge is 0.310 e. The van der Waals surface area contributed by atoms with E-state index in [1.807, 2.05) is 23.1 Å². The van der Waals surface area contributed by atoms with Crippen molar-refractivity contribution in [3.05, 3.63) is 15.6 Å². The van der Waals surface area contributed by atoms with Gasteiger partial charge in [0.25, 0.3) is 0 Å². The van der Waals surface area contributed by atoms with Crippen molar-refractivity contribution < 1.29 is 0 Å². The van der Waals surface area contributed by atoms with Gasteiger partial charge in [0.15, 0.2) is 0 Å². The molecule has 0 aromatic carbocycles. The summed E-state index contributed by atoms with van der Waals surface area (Å²) in [6.45, 7) is 9.97. The van der Waals surface area contributed by atoms with Crippen LogP contribution in [-0.2, 0) is 12.3 Å². The third kappa shape index (κ3) is 5.09. The standard InChI is InChI=1S/C15H26N2S2/c1-10(2)8-18-9-14-17-15(12-5-6-12)13(19-14)7-16-11(3)4/h10-12,16H,5-9H2,1-4H3. The quantitative estimate of drug-likeness (QED) is 0.769. The molecule has 1 saturated carbocycles. The number of thioether (sulfide) groups is 1. The Bertz CT molecular complexity index is 395. The van der Waals surface area contributed by atoms with E-state index in [1.165, 1.54) is 34.2 Å². The summed E-state index contributed by atoms with van der Waals surface area (Å²) in [4.78, 5) is 6.39. The number of rotatable bonds is 8. The Hall–Kier alpha value is -0.0600. The van der Waals surface area contributed by atoms with Gasteiger partial charge in [-0.2, -0.15) is 11.8 Å². The molecule has 1 heterocycles. The topological polar surface area (TPSA) is 24.9 Å². The zero-order chi connectivity index (χ0) is 13.8. The second-order valence-electron chi connectivity index (χ2n) is 6.13. The number of nitrogens with zero attached hydrogens (tertiary/aromatic N) is 1. The van der Waals surface area contributed by atoms with Gasteiger partial charge < -0.3 is 5.32 Å². The van der Waals surface area contributed by atoms with Gasteiger partial charge >= 0.3 is 0 Å². The molecule has 1 aliphatic rings. The van der Waals surface area contributed by atoms with Crippen LogP contribution in [0.25, 0.3) is 0 Å². The highest BCUT2D eigenvalue weighted by atomic mass is 32.2. The maximum atomic E-state index is 4.90. The van der Waals surface area contributed by atoms with E-state index in [2.05, 4.69) is 33.0 Å². The summed E-state index contributed by atoms with van der Waals surface area (Å²) in [7, 11) is 0. The fraction of sp³-hybridized carbons (Fsp3) is 0.800. The maximum Gasteiger partial charge on any atom is 0.103 e. The van der Waals surface area contributed by atoms with Crippen LogP contribution in [0.5, 0.6) is 0 Å². The summed E-state index contributed by atoms with van der Waals surface area (Å²) in [5, 5.41) is 4.86. The van der Waals surface area contributed by atoms with Gasteiger partial charge in [0, 0.05) is 29.1 Å². The van der Waals surface area contributed by atoms with E-state index >= 15 is 0 Å². The second kappa shape index (κ2) is 7.09. The summed E-state index contributed by atoms with van der Waals surface area (Å²) in [6, 6.07) is 0.549. The molecule has 0 saturated heterocycles. The molecule has 1 aromatic rings. The monoisotopic (exact) mass is 298 g/mol. The number of hydrogen-bond donors (Lipinski definition) is 1. The van der Waals surface area contributed by atoms with Crippen LogP contribution in [0, 0.1) is 5.92 Å². The minimum Gasteiger partial charge on any atom is -0.310 e. The van der Waals surface area contributed by atoms with Crippen molar-refractivity contribution in [2.24, 2.45) is 5.92 Å². The average molecular weight is 299 g/mol. The first-order valence-electron chi connectivity index (χ1n) is 7.35. The van der Waals surface area contributed by atoms with Gasteiger partial charge in [0.2, 0.25) is 0 Å². The zero-order valence-electron chi connectivity index (χ0n) is 12.5. The summed E-state index contributed by atoms with van der Waals surface area (Å²) in [5.41, 5.74) is 1.40. The van der Waals surface area contributed by atoms with Gasteiger partial charge in [-0.1, -0.05) is 27.7 Å². The van der Waals surface area contributed by atoms with Crippen molar-refractivity contribution in [3.8, 4) is 0 Å². The predicted molar refractivity (Wildman–Crippen MR) is 87.1 cm³/mol. The van der Waals surface area contributed by atoms with Crippen LogP contribution in [-0.4, -0.2) is 16.8 Å². The van der Waals surface area contributed by atoms with Gasteiger partial charge in [0.1, 0.15) is 5.01 Å². The minimum absolute atomic E-state index is 0.549. The van der Waals surface area contributed by atoms with Gasteiger partial charge in [-0.25, -0.2) is 4.98 Å². The number of thiazole rings is 1. The lowest BCUT2D eigenvalue weighted by Crippen LogP contribution is -2.21. The molecule has 2 nitrogen and oxygen atoms in total. The smallest absolute Gasteiger partial charge is 0.103 e. The van der Waals surface area contributed by atoms with Crippen LogP contribution < -0.4 is 5.32 Å². The zero-order valence-corrected chi connectivity index (χ0v) is 14.2. The molecule has 0 bridgehead atoms. The molecule has 2 rings (SSSR count). The van der Waals surface area contributed by atoms with E-state index < -0.39 is 0 Å². The van der Waals surface area contributed by atoms with Gasteiger partial charge in [-0.05, 0) is 24.5 Å². The van der Waals surface area contributed by atoms with Gasteiger partial charge in [0.05, 0.1) is 5.69 Å². The first-order valence-corrected chi connectivity index (χ1v) is 9.33. The molecule has 0 atom stereocenters. The Balaban J connectivity index is 1.94. The highest BCUT2D eigenvalue weighted by molar-refractivity contribution is 7.98. The molecule has 0 amide bonds. The Morgan fingerprint density at radius 1 is 1.32 bits per heavy atom. The average Bonchev–Trinajstić information content (AvgIpc) is 3.09. The molecule has 1 fully saturated rings. The maximum absolute atomic E-state index is 4.90. The first-order chi connectivity index (χ1) is 9.06. The van der Waals surface area contributed by atoms with E-state index in [-0.39, 0.29) is 0 Å². The molecule has 108 valence electrons. The first kappa shape index (κ1) is 15.3. The van der Waals surface area contributed by atoms with Gasteiger partial charge in [-0.3, -0.25) is 0 Å². The van der Waals surface area contributed by atoms with Crippen molar-refractivity contribution in [3.63, 3.8) is 0 Å². The molecular formula is C15H26N2S2. The van der Waals surface area contributed by atoms with Crippen molar-refractivity contribution >= 4 is 23.1 Å². The molecule has 4 heteroatoms. The Morgan fingerprint density at radius 3 is 2.63 bits per heavy atom. The molecule has 0 aliphatic heterocycles. The van der Waals surface area contributed by atoms with Crippen molar-refractivity contribution in [2.45, 2.75) is 64.8 Å². The normalized spacial score (nSPS) is 15.7. The molecule has 0 unspecified atom stereocenters. The van der Waals surface area contributed by atoms with Crippen molar-refractivity contribution in [1.29, 1.82) is 0 Å². The Labute approximate surface area is 125 Å². The van der Waals surface area contributed by atoms with E-state index in [9.17, 15) is 0 Å². The lowest BCUT2D eigenvalue weighted by molar-refractivity contribution is 0.590. The van der Waals surface area contributed by atoms with Crippen LogP contribution in [0.3, 0.4) is 0 Å². The van der Waals surface area contributed by atoms with Crippen LogP contribution in [0.1, 0.15) is 62.0 Å². The summed E-state index contributed by atoms with van der Waals surface area (Å²) < 4.78 is 0. The lowest BCUT2D eigenvalue weighted by atomic mass is 10.2. The molecular weight excluding hydrogens is 272 g/mol. The Kier molecular flexibility index (Phi) is 5.72. The van der Waals surface area contributed by atoms with E-state index in [0.29, 0.717) is 6.04 Å². The highest BCUT2D eigenvalue weighted by Crippen LogP contribution is 2.43. The SMILES string of the molecule is CC(C)CSCc1nc(C2CC2)c(CNC(C)C)s1. The second-order valence-corrected chi connectivity index (χ2v) is 8.33. The van der Waals surface area contributed by atoms with E-state index in [4.69, 9.17) is 4.98 Å². The fourth-order valence-electron chi connectivity index (χ4n) is 1.96. The van der Waals surface area contributed by atoms with Crippen LogP contribution in [0.4, 0.5) is 0 Å². The molecule has 0 spiro atoms. The third-order valence-electron chi connectivity index (χ3n) is 3.08. The van der Waals surface area contributed by atoms with Crippen molar-refractivity contribution in [2.75, 3.05) is 5.75 Å². The molecule has 19 heavy (non-hydrogen) atoms. The molecule has 1 aliphatic carbocycles.